The van der Waals surface area contributed by atoms with Gasteiger partial charge in [-0.05, 0) is 62.0 Å². The SMILES string of the molecule is Cl.c1ccc(CCc2ccc(OC3CCNCC3)cc2)cc1. The molecule has 1 N–H and O–H groups in total. The highest BCUT2D eigenvalue weighted by molar-refractivity contribution is 5.85. The first-order valence-corrected chi connectivity index (χ1v) is 7.90. The largest absolute Gasteiger partial charge is 0.490 e. The molecule has 0 spiro atoms. The molecule has 0 unspecified atom stereocenters. The van der Waals surface area contributed by atoms with Gasteiger partial charge in [-0.25, -0.2) is 0 Å². The minimum absolute atomic E-state index is 0. The van der Waals surface area contributed by atoms with E-state index >= 15 is 0 Å². The number of hydrogen-bond acceptors (Lipinski definition) is 2. The van der Waals surface area contributed by atoms with Crippen LogP contribution >= 0.6 is 12.4 Å². The van der Waals surface area contributed by atoms with Gasteiger partial charge in [-0.3, -0.25) is 0 Å². The van der Waals surface area contributed by atoms with Gasteiger partial charge >= 0.3 is 0 Å². The van der Waals surface area contributed by atoms with E-state index in [0.717, 1.165) is 44.5 Å². The van der Waals surface area contributed by atoms with Crippen LogP contribution in [-0.2, 0) is 12.8 Å². The molecule has 1 aliphatic rings. The van der Waals surface area contributed by atoms with Crippen molar-refractivity contribution >= 4 is 12.4 Å². The second kappa shape index (κ2) is 8.82. The first-order chi connectivity index (χ1) is 10.4. The predicted octanol–water partition coefficient (Wildman–Crippen LogP) is 4.02. The summed E-state index contributed by atoms with van der Waals surface area (Å²) in [5, 5.41) is 3.36. The highest BCUT2D eigenvalue weighted by Crippen LogP contribution is 2.18. The molecule has 2 aromatic rings. The Morgan fingerprint density at radius 1 is 0.818 bits per heavy atom. The number of piperidine rings is 1. The molecule has 1 aliphatic heterocycles. The molecule has 2 nitrogen and oxygen atoms in total. The molecule has 0 aromatic heterocycles. The Kier molecular flexibility index (Phi) is 6.75. The summed E-state index contributed by atoms with van der Waals surface area (Å²) in [5.41, 5.74) is 2.77. The molecule has 118 valence electrons. The Bertz CT molecular complexity index is 535. The molecule has 1 saturated heterocycles. The van der Waals surface area contributed by atoms with Gasteiger partial charge in [0.2, 0.25) is 0 Å². The molecule has 3 rings (SSSR count). The average Bonchev–Trinajstić information content (AvgIpc) is 2.56. The maximum atomic E-state index is 6.03. The number of ether oxygens (including phenoxy) is 1. The van der Waals surface area contributed by atoms with Crippen molar-refractivity contribution in [1.82, 2.24) is 5.32 Å². The van der Waals surface area contributed by atoms with Crippen molar-refractivity contribution in [2.45, 2.75) is 31.8 Å². The summed E-state index contributed by atoms with van der Waals surface area (Å²) >= 11 is 0. The Morgan fingerprint density at radius 3 is 2.05 bits per heavy atom. The van der Waals surface area contributed by atoms with Crippen molar-refractivity contribution in [3.63, 3.8) is 0 Å². The van der Waals surface area contributed by atoms with E-state index in [1.54, 1.807) is 0 Å². The zero-order valence-electron chi connectivity index (χ0n) is 12.8. The minimum Gasteiger partial charge on any atom is -0.490 e. The van der Waals surface area contributed by atoms with Crippen LogP contribution in [0.5, 0.6) is 5.75 Å². The fourth-order valence-electron chi connectivity index (χ4n) is 2.77. The van der Waals surface area contributed by atoms with Crippen molar-refractivity contribution in [2.75, 3.05) is 13.1 Å². The van der Waals surface area contributed by atoms with E-state index in [1.807, 2.05) is 0 Å². The zero-order chi connectivity index (χ0) is 14.3. The normalized spacial score (nSPS) is 15.1. The standard InChI is InChI=1S/C19H23NO.ClH/c1-2-4-16(5-3-1)6-7-17-8-10-18(11-9-17)21-19-12-14-20-15-13-19;/h1-5,8-11,19-20H,6-7,12-15H2;1H. The van der Waals surface area contributed by atoms with Crippen LogP contribution in [0.15, 0.2) is 54.6 Å². The molecule has 0 saturated carbocycles. The van der Waals surface area contributed by atoms with Crippen molar-refractivity contribution in [3.8, 4) is 5.75 Å². The second-order valence-corrected chi connectivity index (χ2v) is 5.70. The Labute approximate surface area is 139 Å². The van der Waals surface area contributed by atoms with Crippen LogP contribution in [-0.4, -0.2) is 19.2 Å². The lowest BCUT2D eigenvalue weighted by molar-refractivity contribution is 0.162. The second-order valence-electron chi connectivity index (χ2n) is 5.70. The van der Waals surface area contributed by atoms with Crippen molar-refractivity contribution < 1.29 is 4.74 Å². The maximum absolute atomic E-state index is 6.03. The third-order valence-corrected chi connectivity index (χ3v) is 4.06. The summed E-state index contributed by atoms with van der Waals surface area (Å²) in [6.45, 7) is 2.14. The summed E-state index contributed by atoms with van der Waals surface area (Å²) in [4.78, 5) is 0. The first-order valence-electron chi connectivity index (χ1n) is 7.90. The van der Waals surface area contributed by atoms with Gasteiger partial charge in [0.15, 0.2) is 0 Å². The summed E-state index contributed by atoms with van der Waals surface area (Å²) in [7, 11) is 0. The molecule has 1 heterocycles. The minimum atomic E-state index is 0. The van der Waals surface area contributed by atoms with Crippen molar-refractivity contribution in [1.29, 1.82) is 0 Å². The van der Waals surface area contributed by atoms with Gasteiger partial charge in [0, 0.05) is 0 Å². The zero-order valence-corrected chi connectivity index (χ0v) is 13.6. The lowest BCUT2D eigenvalue weighted by atomic mass is 10.0. The fraction of sp³-hybridized carbons (Fsp3) is 0.368. The van der Waals surface area contributed by atoms with E-state index in [4.69, 9.17) is 4.74 Å². The molecule has 0 atom stereocenters. The van der Waals surface area contributed by atoms with Crippen LogP contribution in [0.3, 0.4) is 0 Å². The number of rotatable bonds is 5. The molecule has 0 aliphatic carbocycles. The first kappa shape index (κ1) is 16.9. The van der Waals surface area contributed by atoms with Gasteiger partial charge in [0.1, 0.15) is 11.9 Å². The van der Waals surface area contributed by atoms with E-state index in [2.05, 4.69) is 59.9 Å². The molecule has 1 fully saturated rings. The average molecular weight is 318 g/mol. The third kappa shape index (κ3) is 5.04. The number of benzene rings is 2. The highest BCUT2D eigenvalue weighted by Gasteiger charge is 2.14. The summed E-state index contributed by atoms with van der Waals surface area (Å²) in [6.07, 6.45) is 4.76. The van der Waals surface area contributed by atoms with Crippen molar-refractivity contribution in [2.24, 2.45) is 0 Å². The van der Waals surface area contributed by atoms with Gasteiger partial charge < -0.3 is 10.1 Å². The van der Waals surface area contributed by atoms with Crippen LogP contribution in [0.2, 0.25) is 0 Å². The van der Waals surface area contributed by atoms with E-state index in [1.165, 1.54) is 11.1 Å². The third-order valence-electron chi connectivity index (χ3n) is 4.06. The number of halogens is 1. The fourth-order valence-corrected chi connectivity index (χ4v) is 2.77. The predicted molar refractivity (Wildman–Crippen MR) is 94.1 cm³/mol. The number of nitrogens with one attached hydrogen (secondary N) is 1. The highest BCUT2D eigenvalue weighted by atomic mass is 35.5. The molecule has 0 bridgehead atoms. The number of aryl methyl sites for hydroxylation is 2. The monoisotopic (exact) mass is 317 g/mol. The molecule has 0 radical (unpaired) electrons. The molecule has 3 heteroatoms. The van der Waals surface area contributed by atoms with Gasteiger partial charge in [0.05, 0.1) is 0 Å². The summed E-state index contributed by atoms with van der Waals surface area (Å²) < 4.78 is 6.03. The van der Waals surface area contributed by atoms with Crippen molar-refractivity contribution in [3.05, 3.63) is 65.7 Å². The van der Waals surface area contributed by atoms with E-state index in [0.29, 0.717) is 6.10 Å². The molecule has 0 amide bonds. The Hall–Kier alpha value is -1.51. The van der Waals surface area contributed by atoms with E-state index < -0.39 is 0 Å². The molecule has 2 aromatic carbocycles. The van der Waals surface area contributed by atoms with Gasteiger partial charge in [0.25, 0.3) is 0 Å². The number of hydrogen-bond donors (Lipinski definition) is 1. The lowest BCUT2D eigenvalue weighted by Crippen LogP contribution is -2.34. The van der Waals surface area contributed by atoms with Crippen LogP contribution in [0, 0.1) is 0 Å². The van der Waals surface area contributed by atoms with Crippen LogP contribution in [0.4, 0.5) is 0 Å². The van der Waals surface area contributed by atoms with Gasteiger partial charge in [-0.1, -0.05) is 42.5 Å². The van der Waals surface area contributed by atoms with Gasteiger partial charge in [-0.15, -0.1) is 12.4 Å². The Balaban J connectivity index is 0.00000176. The quantitative estimate of drug-likeness (QED) is 0.899. The van der Waals surface area contributed by atoms with Crippen LogP contribution in [0.1, 0.15) is 24.0 Å². The topological polar surface area (TPSA) is 21.3 Å². The molecular weight excluding hydrogens is 294 g/mol. The van der Waals surface area contributed by atoms with E-state index in [-0.39, 0.29) is 12.4 Å². The Morgan fingerprint density at radius 2 is 1.41 bits per heavy atom. The van der Waals surface area contributed by atoms with Crippen LogP contribution < -0.4 is 10.1 Å². The summed E-state index contributed by atoms with van der Waals surface area (Å²) in [5.74, 6) is 1.00. The summed E-state index contributed by atoms with van der Waals surface area (Å²) in [6, 6.07) is 19.3. The maximum Gasteiger partial charge on any atom is 0.119 e. The van der Waals surface area contributed by atoms with Gasteiger partial charge in [-0.2, -0.15) is 0 Å². The van der Waals surface area contributed by atoms with Crippen LogP contribution in [0.25, 0.3) is 0 Å². The van der Waals surface area contributed by atoms with E-state index in [9.17, 15) is 0 Å². The lowest BCUT2D eigenvalue weighted by Gasteiger charge is -2.23. The smallest absolute Gasteiger partial charge is 0.119 e. The molecule has 22 heavy (non-hydrogen) atoms. The molecular formula is C19H24ClNO.